The van der Waals surface area contributed by atoms with Crippen LogP contribution in [0.15, 0.2) is 0 Å². The van der Waals surface area contributed by atoms with Gasteiger partial charge in [0.2, 0.25) is 0 Å². The zero-order valence-corrected chi connectivity index (χ0v) is 8.72. The van der Waals surface area contributed by atoms with Crippen molar-refractivity contribution in [3.63, 3.8) is 0 Å². The quantitative estimate of drug-likeness (QED) is 0.650. The third kappa shape index (κ3) is 2.37. The zero-order chi connectivity index (χ0) is 10.2. The van der Waals surface area contributed by atoms with Crippen LogP contribution in [0.1, 0.15) is 12.8 Å². The van der Waals surface area contributed by atoms with Crippen molar-refractivity contribution in [1.82, 2.24) is 10.2 Å². The molecule has 1 saturated heterocycles. The summed E-state index contributed by atoms with van der Waals surface area (Å²) in [6.07, 6.45) is 2.11. The van der Waals surface area contributed by atoms with Crippen molar-refractivity contribution >= 4 is 15.9 Å². The Bertz CT molecular complexity index is 320. The van der Waals surface area contributed by atoms with Crippen LogP contribution in [0.25, 0.3) is 0 Å². The Hall–Kier alpha value is -0.780. The van der Waals surface area contributed by atoms with Crippen LogP contribution in [0.3, 0.4) is 0 Å². The predicted molar refractivity (Wildman–Crippen MR) is 51.8 cm³/mol. The van der Waals surface area contributed by atoms with Crippen molar-refractivity contribution in [3.8, 4) is 0 Å². The number of hydrogen-bond donors (Lipinski definition) is 1. The van der Waals surface area contributed by atoms with Crippen LogP contribution < -0.4 is 5.32 Å². The van der Waals surface area contributed by atoms with Crippen molar-refractivity contribution in [2.45, 2.75) is 18.9 Å². The monoisotopic (exact) mass is 218 g/mol. The number of amides is 2. The normalized spacial score (nSPS) is 25.9. The summed E-state index contributed by atoms with van der Waals surface area (Å²) in [5, 5.41) is 2.84. The Balaban J connectivity index is 1.84. The smallest absolute Gasteiger partial charge is 0.317 e. The molecule has 2 fully saturated rings. The number of carbonyl (C=O) groups excluding carboxylic acids is 1. The maximum absolute atomic E-state index is 11.5. The average molecular weight is 218 g/mol. The summed E-state index contributed by atoms with van der Waals surface area (Å²) in [5.41, 5.74) is 0. The number of sulfone groups is 1. The van der Waals surface area contributed by atoms with Crippen LogP contribution in [-0.4, -0.2) is 50.0 Å². The van der Waals surface area contributed by atoms with Crippen molar-refractivity contribution in [2.24, 2.45) is 0 Å². The molecule has 0 aromatic heterocycles. The molecule has 0 radical (unpaired) electrons. The first kappa shape index (κ1) is 9.76. The number of carbonyl (C=O) groups is 1. The third-order valence-corrected chi connectivity index (χ3v) is 4.15. The Morgan fingerprint density at radius 2 is 1.79 bits per heavy atom. The first-order chi connectivity index (χ1) is 6.57. The lowest BCUT2D eigenvalue weighted by atomic mass is 10.5. The molecule has 2 rings (SSSR count). The van der Waals surface area contributed by atoms with Crippen molar-refractivity contribution < 1.29 is 13.2 Å². The summed E-state index contributed by atoms with van der Waals surface area (Å²) in [6, 6.07) is 0.225. The lowest BCUT2D eigenvalue weighted by molar-refractivity contribution is 0.201. The van der Waals surface area contributed by atoms with Crippen LogP contribution in [0.2, 0.25) is 0 Å². The summed E-state index contributed by atoms with van der Waals surface area (Å²) in [5.74, 6) is 0.205. The minimum atomic E-state index is -2.88. The van der Waals surface area contributed by atoms with Gasteiger partial charge < -0.3 is 10.2 Å². The molecule has 0 atom stereocenters. The molecule has 1 aliphatic carbocycles. The molecule has 1 heterocycles. The van der Waals surface area contributed by atoms with Gasteiger partial charge in [-0.1, -0.05) is 0 Å². The molecule has 0 bridgehead atoms. The van der Waals surface area contributed by atoms with Gasteiger partial charge in [0.05, 0.1) is 11.5 Å². The Morgan fingerprint density at radius 3 is 2.29 bits per heavy atom. The second kappa shape index (κ2) is 3.42. The molecule has 0 aromatic rings. The van der Waals surface area contributed by atoms with E-state index in [4.69, 9.17) is 0 Å². The minimum absolute atomic E-state index is 0.102. The number of hydrogen-bond acceptors (Lipinski definition) is 3. The summed E-state index contributed by atoms with van der Waals surface area (Å²) in [6.45, 7) is 0.668. The molecule has 0 aromatic carbocycles. The molecule has 1 saturated carbocycles. The van der Waals surface area contributed by atoms with Gasteiger partial charge in [-0.3, -0.25) is 0 Å². The Morgan fingerprint density at radius 1 is 1.21 bits per heavy atom. The standard InChI is InChI=1S/C8H14N2O3S/c11-8(9-7-1-2-7)10-3-5-14(12,13)6-4-10/h7H,1-6H2,(H,9,11). The van der Waals surface area contributed by atoms with Gasteiger partial charge in [-0.25, -0.2) is 13.2 Å². The molecule has 80 valence electrons. The molecular formula is C8H14N2O3S. The fourth-order valence-electron chi connectivity index (χ4n) is 1.41. The second-order valence-corrected chi connectivity index (χ2v) is 6.17. The third-order valence-electron chi connectivity index (χ3n) is 2.54. The molecule has 2 amide bonds. The first-order valence-electron chi connectivity index (χ1n) is 4.83. The van der Waals surface area contributed by atoms with E-state index in [0.717, 1.165) is 12.8 Å². The number of urea groups is 1. The molecule has 0 unspecified atom stereocenters. The highest BCUT2D eigenvalue weighted by molar-refractivity contribution is 7.91. The van der Waals surface area contributed by atoms with Crippen LogP contribution in [0, 0.1) is 0 Å². The van der Waals surface area contributed by atoms with Gasteiger partial charge in [0.1, 0.15) is 0 Å². The topological polar surface area (TPSA) is 66.5 Å². The summed E-state index contributed by atoms with van der Waals surface area (Å²) >= 11 is 0. The average Bonchev–Trinajstić information content (AvgIpc) is 2.88. The SMILES string of the molecule is O=C(NC1CC1)N1CCS(=O)(=O)CC1. The highest BCUT2D eigenvalue weighted by Gasteiger charge is 2.29. The molecule has 5 nitrogen and oxygen atoms in total. The summed E-state index contributed by atoms with van der Waals surface area (Å²) in [7, 11) is -2.88. The van der Waals surface area contributed by atoms with E-state index < -0.39 is 9.84 Å². The van der Waals surface area contributed by atoms with Crippen molar-refractivity contribution in [1.29, 1.82) is 0 Å². The molecular weight excluding hydrogens is 204 g/mol. The minimum Gasteiger partial charge on any atom is -0.335 e. The van der Waals surface area contributed by atoms with Gasteiger partial charge in [0, 0.05) is 19.1 Å². The molecule has 14 heavy (non-hydrogen) atoms. The lowest BCUT2D eigenvalue weighted by Gasteiger charge is -2.26. The van der Waals surface area contributed by atoms with Crippen molar-refractivity contribution in [3.05, 3.63) is 0 Å². The van der Waals surface area contributed by atoms with Gasteiger partial charge in [-0.2, -0.15) is 0 Å². The highest BCUT2D eigenvalue weighted by atomic mass is 32.2. The van der Waals surface area contributed by atoms with Gasteiger partial charge >= 0.3 is 6.03 Å². The molecule has 1 aliphatic heterocycles. The molecule has 6 heteroatoms. The van der Waals surface area contributed by atoms with Gasteiger partial charge in [-0.15, -0.1) is 0 Å². The number of nitrogens with zero attached hydrogens (tertiary/aromatic N) is 1. The van der Waals surface area contributed by atoms with E-state index in [1.165, 1.54) is 0 Å². The number of rotatable bonds is 1. The molecule has 0 spiro atoms. The largest absolute Gasteiger partial charge is 0.335 e. The summed E-state index contributed by atoms with van der Waals surface area (Å²) < 4.78 is 22.2. The first-order valence-corrected chi connectivity index (χ1v) is 6.65. The van der Waals surface area contributed by atoms with Gasteiger partial charge in [0.15, 0.2) is 9.84 Å². The van der Waals surface area contributed by atoms with E-state index in [2.05, 4.69) is 5.32 Å². The molecule has 2 aliphatic rings. The molecule has 1 N–H and O–H groups in total. The van der Waals surface area contributed by atoms with Crippen LogP contribution >= 0.6 is 0 Å². The van der Waals surface area contributed by atoms with Gasteiger partial charge in [0.25, 0.3) is 0 Å². The van der Waals surface area contributed by atoms with E-state index in [-0.39, 0.29) is 17.5 Å². The second-order valence-electron chi connectivity index (χ2n) is 3.86. The Kier molecular flexibility index (Phi) is 2.38. The van der Waals surface area contributed by atoms with E-state index in [1.54, 1.807) is 4.90 Å². The van der Waals surface area contributed by atoms with Crippen LogP contribution in [-0.2, 0) is 9.84 Å². The lowest BCUT2D eigenvalue weighted by Crippen LogP contribution is -2.48. The Labute approximate surface area is 83.4 Å². The number of nitrogens with one attached hydrogen (secondary N) is 1. The fraction of sp³-hybridized carbons (Fsp3) is 0.875. The summed E-state index contributed by atoms with van der Waals surface area (Å²) in [4.78, 5) is 13.1. The van der Waals surface area contributed by atoms with Gasteiger partial charge in [-0.05, 0) is 12.8 Å². The van der Waals surface area contributed by atoms with E-state index in [1.807, 2.05) is 0 Å². The van der Waals surface area contributed by atoms with Crippen molar-refractivity contribution in [2.75, 3.05) is 24.6 Å². The maximum Gasteiger partial charge on any atom is 0.317 e. The highest BCUT2D eigenvalue weighted by Crippen LogP contribution is 2.19. The van der Waals surface area contributed by atoms with Crippen LogP contribution in [0.5, 0.6) is 0 Å². The fourth-order valence-corrected chi connectivity index (χ4v) is 2.61. The van der Waals surface area contributed by atoms with E-state index in [0.29, 0.717) is 19.1 Å². The zero-order valence-electron chi connectivity index (χ0n) is 7.90. The predicted octanol–water partition coefficient (Wildman–Crippen LogP) is -0.411. The maximum atomic E-state index is 11.5. The van der Waals surface area contributed by atoms with E-state index in [9.17, 15) is 13.2 Å². The van der Waals surface area contributed by atoms with E-state index >= 15 is 0 Å². The van der Waals surface area contributed by atoms with Crippen LogP contribution in [0.4, 0.5) is 4.79 Å².